The zero-order valence-electron chi connectivity index (χ0n) is 9.68. The Balaban J connectivity index is 2.10. The number of carbonyl (C=O) groups is 1. The minimum atomic E-state index is -0.951. The van der Waals surface area contributed by atoms with Crippen LogP contribution in [0.4, 0.5) is 0 Å². The van der Waals surface area contributed by atoms with E-state index in [1.54, 1.807) is 19.2 Å². The summed E-state index contributed by atoms with van der Waals surface area (Å²) in [6, 6.07) is 1.58. The molecule has 0 spiro atoms. The van der Waals surface area contributed by atoms with Crippen LogP contribution in [0.25, 0.3) is 0 Å². The molecule has 2 aromatic heterocycles. The number of hydrogen-bond acceptors (Lipinski definition) is 5. The summed E-state index contributed by atoms with van der Waals surface area (Å²) in [7, 11) is 0. The Kier molecular flexibility index (Phi) is 4.67. The monoisotopic (exact) mass is 334 g/mol. The SMILES string of the molecule is Cc1nc(SCc2cnc(Cl)cc2Cl)sc1C(=O)O. The van der Waals surface area contributed by atoms with Crippen molar-refractivity contribution in [3.63, 3.8) is 0 Å². The molecule has 100 valence electrons. The predicted octanol–water partition coefficient (Wildman–Crippen LogP) is 4.14. The minimum Gasteiger partial charge on any atom is -0.477 e. The van der Waals surface area contributed by atoms with Gasteiger partial charge in [0.15, 0.2) is 4.34 Å². The standard InChI is InChI=1S/C11H8Cl2N2O2S2/c1-5-9(10(16)17)19-11(15-5)18-4-6-3-14-8(13)2-7(6)12/h2-3H,4H2,1H3,(H,16,17). The molecule has 2 aromatic rings. The second-order valence-corrected chi connectivity index (χ2v) is 6.60. The van der Waals surface area contributed by atoms with Gasteiger partial charge < -0.3 is 5.11 Å². The molecule has 1 N–H and O–H groups in total. The van der Waals surface area contributed by atoms with Gasteiger partial charge in [-0.1, -0.05) is 35.0 Å². The second kappa shape index (κ2) is 6.09. The Morgan fingerprint density at radius 2 is 2.26 bits per heavy atom. The van der Waals surface area contributed by atoms with Gasteiger partial charge in [0.1, 0.15) is 10.0 Å². The van der Waals surface area contributed by atoms with Gasteiger partial charge in [-0.15, -0.1) is 11.3 Å². The van der Waals surface area contributed by atoms with E-state index in [2.05, 4.69) is 9.97 Å². The molecule has 0 atom stereocenters. The normalized spacial score (nSPS) is 10.7. The molecule has 0 aliphatic heterocycles. The molecule has 8 heteroatoms. The van der Waals surface area contributed by atoms with Gasteiger partial charge in [-0.3, -0.25) is 0 Å². The minimum absolute atomic E-state index is 0.267. The van der Waals surface area contributed by atoms with Crippen molar-refractivity contribution in [2.24, 2.45) is 0 Å². The summed E-state index contributed by atoms with van der Waals surface area (Å²) in [6.07, 6.45) is 1.61. The molecule has 0 amide bonds. The van der Waals surface area contributed by atoms with Crippen molar-refractivity contribution in [2.45, 2.75) is 17.0 Å². The highest BCUT2D eigenvalue weighted by Crippen LogP contribution is 2.31. The molecule has 0 bridgehead atoms. The molecular formula is C11H8Cl2N2O2S2. The number of thioether (sulfide) groups is 1. The topological polar surface area (TPSA) is 63.1 Å². The number of pyridine rings is 1. The molecule has 0 aromatic carbocycles. The average molecular weight is 335 g/mol. The quantitative estimate of drug-likeness (QED) is 0.672. The van der Waals surface area contributed by atoms with Crippen LogP contribution >= 0.6 is 46.3 Å². The van der Waals surface area contributed by atoms with E-state index in [9.17, 15) is 4.79 Å². The van der Waals surface area contributed by atoms with Gasteiger partial charge in [0.25, 0.3) is 0 Å². The van der Waals surface area contributed by atoms with Gasteiger partial charge in [-0.2, -0.15) is 0 Å². The molecule has 0 radical (unpaired) electrons. The maximum absolute atomic E-state index is 10.9. The first kappa shape index (κ1) is 14.6. The molecule has 2 heterocycles. The number of halogens is 2. The van der Waals surface area contributed by atoms with Crippen LogP contribution in [0, 0.1) is 6.92 Å². The third-order valence-electron chi connectivity index (χ3n) is 2.22. The highest BCUT2D eigenvalue weighted by molar-refractivity contribution is 8.00. The van der Waals surface area contributed by atoms with Crippen molar-refractivity contribution < 1.29 is 9.90 Å². The van der Waals surface area contributed by atoms with Crippen LogP contribution < -0.4 is 0 Å². The fourth-order valence-electron chi connectivity index (χ4n) is 1.31. The van der Waals surface area contributed by atoms with Gasteiger partial charge >= 0.3 is 5.97 Å². The van der Waals surface area contributed by atoms with E-state index in [0.717, 1.165) is 16.9 Å². The van der Waals surface area contributed by atoms with Crippen LogP contribution in [-0.2, 0) is 5.75 Å². The lowest BCUT2D eigenvalue weighted by Gasteiger charge is -2.01. The van der Waals surface area contributed by atoms with Gasteiger partial charge in [-0.05, 0) is 18.6 Å². The molecule has 0 unspecified atom stereocenters. The van der Waals surface area contributed by atoms with Crippen molar-refractivity contribution >= 4 is 52.3 Å². The van der Waals surface area contributed by atoms with E-state index in [4.69, 9.17) is 28.3 Å². The number of nitrogens with zero attached hydrogens (tertiary/aromatic N) is 2. The van der Waals surface area contributed by atoms with Gasteiger partial charge in [0.05, 0.1) is 5.69 Å². The predicted molar refractivity (Wildman–Crippen MR) is 77.6 cm³/mol. The number of rotatable bonds is 4. The summed E-state index contributed by atoms with van der Waals surface area (Å²) in [5.41, 5.74) is 1.36. The Morgan fingerprint density at radius 1 is 1.53 bits per heavy atom. The van der Waals surface area contributed by atoms with E-state index >= 15 is 0 Å². The molecule has 4 nitrogen and oxygen atoms in total. The summed E-state index contributed by atoms with van der Waals surface area (Å²) in [6.45, 7) is 1.68. The number of aromatic nitrogens is 2. The van der Waals surface area contributed by atoms with Gasteiger partial charge in [0, 0.05) is 17.0 Å². The second-order valence-electron chi connectivity index (χ2n) is 3.59. The maximum Gasteiger partial charge on any atom is 0.347 e. The van der Waals surface area contributed by atoms with Crippen LogP contribution in [-0.4, -0.2) is 21.0 Å². The maximum atomic E-state index is 10.9. The summed E-state index contributed by atoms with van der Waals surface area (Å²) in [5.74, 6) is -0.386. The molecule has 0 aliphatic carbocycles. The Bertz CT molecular complexity index is 631. The first-order chi connectivity index (χ1) is 8.97. The molecule has 0 saturated heterocycles. The molecule has 0 saturated carbocycles. The first-order valence-corrected chi connectivity index (χ1v) is 7.66. The Hall–Kier alpha value is -0.820. The fourth-order valence-corrected chi connectivity index (χ4v) is 3.84. The lowest BCUT2D eigenvalue weighted by atomic mass is 10.3. The summed E-state index contributed by atoms with van der Waals surface area (Å²) >= 11 is 14.3. The van der Waals surface area contributed by atoms with E-state index < -0.39 is 5.97 Å². The molecule has 2 rings (SSSR count). The summed E-state index contributed by atoms with van der Waals surface area (Å²) < 4.78 is 0.695. The largest absolute Gasteiger partial charge is 0.477 e. The highest BCUT2D eigenvalue weighted by atomic mass is 35.5. The lowest BCUT2D eigenvalue weighted by molar-refractivity contribution is 0.0701. The number of aromatic carboxylic acids is 1. The van der Waals surface area contributed by atoms with Crippen LogP contribution in [0.15, 0.2) is 16.6 Å². The molecule has 0 aliphatic rings. The summed E-state index contributed by atoms with van der Waals surface area (Å²) in [4.78, 5) is 19.3. The van der Waals surface area contributed by atoms with Crippen molar-refractivity contribution in [2.75, 3.05) is 0 Å². The number of thiazole rings is 1. The molecular weight excluding hydrogens is 327 g/mol. The van der Waals surface area contributed by atoms with Crippen LogP contribution in [0.5, 0.6) is 0 Å². The Labute approximate surface area is 127 Å². The van der Waals surface area contributed by atoms with Crippen LogP contribution in [0.2, 0.25) is 10.2 Å². The Morgan fingerprint density at radius 3 is 2.84 bits per heavy atom. The van der Waals surface area contributed by atoms with Crippen molar-refractivity contribution in [1.29, 1.82) is 0 Å². The van der Waals surface area contributed by atoms with E-state index in [1.165, 1.54) is 11.8 Å². The lowest BCUT2D eigenvalue weighted by Crippen LogP contribution is -1.94. The fraction of sp³-hybridized carbons (Fsp3) is 0.182. The zero-order chi connectivity index (χ0) is 14.0. The van der Waals surface area contributed by atoms with Crippen molar-refractivity contribution in [1.82, 2.24) is 9.97 Å². The van der Waals surface area contributed by atoms with E-state index in [-0.39, 0.29) is 4.88 Å². The highest BCUT2D eigenvalue weighted by Gasteiger charge is 2.14. The van der Waals surface area contributed by atoms with E-state index in [1.807, 2.05) is 0 Å². The third-order valence-corrected chi connectivity index (χ3v) is 5.11. The van der Waals surface area contributed by atoms with Gasteiger partial charge in [0.2, 0.25) is 0 Å². The molecule has 19 heavy (non-hydrogen) atoms. The number of aryl methyl sites for hydroxylation is 1. The van der Waals surface area contributed by atoms with Crippen molar-refractivity contribution in [3.8, 4) is 0 Å². The first-order valence-electron chi connectivity index (χ1n) is 5.11. The number of hydrogen-bond donors (Lipinski definition) is 1. The van der Waals surface area contributed by atoms with E-state index in [0.29, 0.717) is 26.0 Å². The number of carboxylic acids is 1. The number of carboxylic acid groups (broad SMARTS) is 1. The van der Waals surface area contributed by atoms with Crippen molar-refractivity contribution in [3.05, 3.63) is 38.6 Å². The van der Waals surface area contributed by atoms with Gasteiger partial charge in [-0.25, -0.2) is 14.8 Å². The van der Waals surface area contributed by atoms with Crippen LogP contribution in [0.1, 0.15) is 20.9 Å². The third kappa shape index (κ3) is 3.60. The average Bonchev–Trinajstić information content (AvgIpc) is 2.69. The molecule has 0 fully saturated rings. The smallest absolute Gasteiger partial charge is 0.347 e. The van der Waals surface area contributed by atoms with Crippen LogP contribution in [0.3, 0.4) is 0 Å². The zero-order valence-corrected chi connectivity index (χ0v) is 12.8. The summed E-state index contributed by atoms with van der Waals surface area (Å²) in [5, 5.41) is 9.84.